The molecule has 1 unspecified atom stereocenters. The lowest BCUT2D eigenvalue weighted by Crippen LogP contribution is -2.37. The molecule has 1 saturated heterocycles. The van der Waals surface area contributed by atoms with Crippen LogP contribution in [0.25, 0.3) is 11.4 Å². The summed E-state index contributed by atoms with van der Waals surface area (Å²) in [5, 5.41) is 10.4. The van der Waals surface area contributed by atoms with Gasteiger partial charge >= 0.3 is 0 Å². The summed E-state index contributed by atoms with van der Waals surface area (Å²) in [6.45, 7) is 8.06. The molecule has 25 heavy (non-hydrogen) atoms. The quantitative estimate of drug-likeness (QED) is 0.873. The summed E-state index contributed by atoms with van der Waals surface area (Å²) in [5.74, 6) is 1.06. The summed E-state index contributed by atoms with van der Waals surface area (Å²) in [4.78, 5) is 16.8. The molecule has 3 rings (SSSR count). The summed E-state index contributed by atoms with van der Waals surface area (Å²) in [6.07, 6.45) is 3.00. The minimum absolute atomic E-state index is 0.0750. The van der Waals surface area contributed by atoms with Crippen LogP contribution in [-0.2, 0) is 6.42 Å². The van der Waals surface area contributed by atoms with Crippen LogP contribution >= 0.6 is 0 Å². The molecule has 0 bridgehead atoms. The second kappa shape index (κ2) is 7.35. The Labute approximate surface area is 148 Å². The van der Waals surface area contributed by atoms with Gasteiger partial charge in [-0.2, -0.15) is 4.98 Å². The molecule has 1 atom stereocenters. The summed E-state index contributed by atoms with van der Waals surface area (Å²) >= 11 is 0. The number of amides is 1. The lowest BCUT2D eigenvalue weighted by Gasteiger charge is -2.13. The first-order valence-corrected chi connectivity index (χ1v) is 8.85. The van der Waals surface area contributed by atoms with E-state index in [4.69, 9.17) is 4.52 Å². The molecule has 1 aliphatic heterocycles. The van der Waals surface area contributed by atoms with Crippen molar-refractivity contribution in [2.45, 2.75) is 46.1 Å². The van der Waals surface area contributed by atoms with Gasteiger partial charge in [-0.25, -0.2) is 0 Å². The Balaban J connectivity index is 1.67. The van der Waals surface area contributed by atoms with E-state index in [1.54, 1.807) is 6.07 Å². The van der Waals surface area contributed by atoms with Crippen molar-refractivity contribution in [3.63, 3.8) is 0 Å². The Morgan fingerprint density at radius 3 is 2.96 bits per heavy atom. The van der Waals surface area contributed by atoms with Crippen LogP contribution in [-0.4, -0.2) is 35.2 Å². The molecule has 2 heterocycles. The average Bonchev–Trinajstić information content (AvgIpc) is 3.23. The van der Waals surface area contributed by atoms with E-state index in [-0.39, 0.29) is 11.3 Å². The van der Waals surface area contributed by atoms with Crippen molar-refractivity contribution in [2.24, 2.45) is 5.41 Å². The van der Waals surface area contributed by atoms with Crippen molar-refractivity contribution in [1.29, 1.82) is 0 Å². The number of hydrogen-bond donors (Lipinski definition) is 2. The van der Waals surface area contributed by atoms with Crippen LogP contribution in [0.15, 0.2) is 28.8 Å². The van der Waals surface area contributed by atoms with Gasteiger partial charge < -0.3 is 15.2 Å². The fourth-order valence-corrected chi connectivity index (χ4v) is 2.95. The minimum atomic E-state index is -0.0750. The van der Waals surface area contributed by atoms with Crippen LogP contribution in [0.1, 0.15) is 49.9 Å². The molecular weight excluding hydrogens is 316 g/mol. The molecule has 0 aliphatic carbocycles. The number of nitrogens with zero attached hydrogens (tertiary/aromatic N) is 2. The van der Waals surface area contributed by atoms with Gasteiger partial charge in [0.15, 0.2) is 0 Å². The highest BCUT2D eigenvalue weighted by molar-refractivity contribution is 5.95. The third kappa shape index (κ3) is 4.89. The molecule has 6 nitrogen and oxygen atoms in total. The van der Waals surface area contributed by atoms with Gasteiger partial charge in [0.2, 0.25) is 11.7 Å². The zero-order valence-corrected chi connectivity index (χ0v) is 15.1. The molecule has 0 spiro atoms. The number of carbonyl (C=O) groups is 1. The van der Waals surface area contributed by atoms with Crippen LogP contribution in [0.4, 0.5) is 0 Å². The Hall–Kier alpha value is -2.21. The molecule has 0 radical (unpaired) electrons. The van der Waals surface area contributed by atoms with E-state index in [0.29, 0.717) is 36.3 Å². The van der Waals surface area contributed by atoms with E-state index in [9.17, 15) is 4.79 Å². The molecule has 6 heteroatoms. The minimum Gasteiger partial charge on any atom is -0.350 e. The highest BCUT2D eigenvalue weighted by Crippen LogP contribution is 2.22. The first kappa shape index (κ1) is 17.6. The Kier molecular flexibility index (Phi) is 5.18. The van der Waals surface area contributed by atoms with Crippen LogP contribution in [0.5, 0.6) is 0 Å². The molecule has 1 aromatic heterocycles. The zero-order valence-electron chi connectivity index (χ0n) is 15.1. The van der Waals surface area contributed by atoms with Gasteiger partial charge in [0.05, 0.1) is 0 Å². The first-order valence-electron chi connectivity index (χ1n) is 8.85. The monoisotopic (exact) mass is 342 g/mol. The van der Waals surface area contributed by atoms with Crippen molar-refractivity contribution in [3.05, 3.63) is 35.7 Å². The molecule has 1 aromatic carbocycles. The Morgan fingerprint density at radius 2 is 2.24 bits per heavy atom. The van der Waals surface area contributed by atoms with E-state index >= 15 is 0 Å². The largest absolute Gasteiger partial charge is 0.350 e. The lowest BCUT2D eigenvalue weighted by atomic mass is 9.92. The van der Waals surface area contributed by atoms with E-state index < -0.39 is 0 Å². The van der Waals surface area contributed by atoms with Gasteiger partial charge in [-0.05, 0) is 36.9 Å². The maximum absolute atomic E-state index is 12.4. The highest BCUT2D eigenvalue weighted by atomic mass is 16.5. The van der Waals surface area contributed by atoms with Crippen molar-refractivity contribution >= 4 is 5.91 Å². The molecule has 2 aromatic rings. The summed E-state index contributed by atoms with van der Waals surface area (Å²) in [6, 6.07) is 7.73. The SMILES string of the molecule is CC(C)(C)Cc1nc(-c2cccc(C(=O)NCC3CCCN3)c2)no1. The Bertz CT molecular complexity index is 727. The fourth-order valence-electron chi connectivity index (χ4n) is 2.95. The number of carbonyl (C=O) groups excluding carboxylic acids is 1. The second-order valence-corrected chi connectivity index (χ2v) is 7.83. The smallest absolute Gasteiger partial charge is 0.251 e. The highest BCUT2D eigenvalue weighted by Gasteiger charge is 2.18. The molecule has 1 fully saturated rings. The van der Waals surface area contributed by atoms with Gasteiger partial charge in [-0.3, -0.25) is 4.79 Å². The predicted octanol–water partition coefficient (Wildman–Crippen LogP) is 2.81. The summed E-state index contributed by atoms with van der Waals surface area (Å²) in [7, 11) is 0. The van der Waals surface area contributed by atoms with Crippen molar-refractivity contribution in [2.75, 3.05) is 13.1 Å². The predicted molar refractivity (Wildman–Crippen MR) is 96.3 cm³/mol. The third-order valence-corrected chi connectivity index (χ3v) is 4.20. The molecule has 1 aliphatic rings. The molecular formula is C19H26N4O2. The fraction of sp³-hybridized carbons (Fsp3) is 0.526. The Morgan fingerprint density at radius 1 is 1.40 bits per heavy atom. The van der Waals surface area contributed by atoms with Crippen molar-refractivity contribution in [1.82, 2.24) is 20.8 Å². The van der Waals surface area contributed by atoms with Crippen LogP contribution in [0.2, 0.25) is 0 Å². The van der Waals surface area contributed by atoms with Crippen LogP contribution in [0.3, 0.4) is 0 Å². The summed E-state index contributed by atoms with van der Waals surface area (Å²) in [5.41, 5.74) is 1.48. The maximum atomic E-state index is 12.4. The van der Waals surface area contributed by atoms with Crippen LogP contribution in [0, 0.1) is 5.41 Å². The average molecular weight is 342 g/mol. The topological polar surface area (TPSA) is 80.0 Å². The lowest BCUT2D eigenvalue weighted by molar-refractivity contribution is 0.0950. The third-order valence-electron chi connectivity index (χ3n) is 4.20. The molecule has 0 saturated carbocycles. The molecule has 134 valence electrons. The number of benzene rings is 1. The molecule has 2 N–H and O–H groups in total. The first-order chi connectivity index (χ1) is 11.9. The van der Waals surface area contributed by atoms with Crippen LogP contribution < -0.4 is 10.6 Å². The summed E-state index contributed by atoms with van der Waals surface area (Å²) < 4.78 is 5.34. The van der Waals surface area contributed by atoms with Gasteiger partial charge in [-0.1, -0.05) is 38.1 Å². The number of hydrogen-bond acceptors (Lipinski definition) is 5. The number of nitrogens with one attached hydrogen (secondary N) is 2. The second-order valence-electron chi connectivity index (χ2n) is 7.83. The normalized spacial score (nSPS) is 17.6. The number of aromatic nitrogens is 2. The molecule has 1 amide bonds. The van der Waals surface area contributed by atoms with Crippen molar-refractivity contribution in [3.8, 4) is 11.4 Å². The van der Waals surface area contributed by atoms with Crippen molar-refractivity contribution < 1.29 is 9.32 Å². The standard InChI is InChI=1S/C19H26N4O2/c1-19(2,3)11-16-22-17(23-25-16)13-6-4-7-14(10-13)18(24)21-12-15-8-5-9-20-15/h4,6-7,10,15,20H,5,8-9,11-12H2,1-3H3,(H,21,24). The van der Waals surface area contributed by atoms with Gasteiger partial charge in [-0.15, -0.1) is 0 Å². The number of rotatable bonds is 5. The van der Waals surface area contributed by atoms with E-state index in [1.807, 2.05) is 18.2 Å². The van der Waals surface area contributed by atoms with Gasteiger partial charge in [0.1, 0.15) is 0 Å². The van der Waals surface area contributed by atoms with E-state index in [0.717, 1.165) is 18.5 Å². The zero-order chi connectivity index (χ0) is 17.9. The van der Waals surface area contributed by atoms with Gasteiger partial charge in [0, 0.05) is 30.1 Å². The van der Waals surface area contributed by atoms with E-state index in [2.05, 4.69) is 41.5 Å². The maximum Gasteiger partial charge on any atom is 0.251 e. The van der Waals surface area contributed by atoms with Gasteiger partial charge in [0.25, 0.3) is 5.91 Å². The van der Waals surface area contributed by atoms with E-state index in [1.165, 1.54) is 6.42 Å².